The highest BCUT2D eigenvalue weighted by Gasteiger charge is 2.24. The fraction of sp³-hybridized carbons (Fsp3) is 0.467. The number of nitrogens with zero attached hydrogens (tertiary/aromatic N) is 2. The van der Waals surface area contributed by atoms with Crippen LogP contribution < -0.4 is 4.74 Å². The van der Waals surface area contributed by atoms with Crippen LogP contribution in [0.1, 0.15) is 19.3 Å². The molecule has 8 nitrogen and oxygen atoms in total. The van der Waals surface area contributed by atoms with E-state index in [4.69, 9.17) is 9.84 Å². The van der Waals surface area contributed by atoms with Gasteiger partial charge in [-0.1, -0.05) is 6.07 Å². The number of benzene rings is 1. The lowest BCUT2D eigenvalue weighted by Crippen LogP contribution is -2.41. The number of hydrogen-bond donors (Lipinski definition) is 1. The minimum Gasteiger partial charge on any atom is -0.484 e. The van der Waals surface area contributed by atoms with Gasteiger partial charge in [0.05, 0.1) is 11.0 Å². The number of likely N-dealkylation sites (tertiary alicyclic amines) is 1. The normalized spacial score (nSPS) is 15.2. The molecule has 1 aromatic carbocycles. The van der Waals surface area contributed by atoms with Crippen LogP contribution in [0.5, 0.6) is 5.75 Å². The van der Waals surface area contributed by atoms with E-state index >= 15 is 0 Å². The van der Waals surface area contributed by atoms with Crippen molar-refractivity contribution in [2.75, 3.05) is 19.7 Å². The maximum Gasteiger partial charge on any atom is 0.303 e. The average molecular weight is 322 g/mol. The molecule has 0 unspecified atom stereocenters. The lowest BCUT2D eigenvalue weighted by Gasteiger charge is -2.31. The Bertz CT molecular complexity index is 595. The summed E-state index contributed by atoms with van der Waals surface area (Å²) in [4.78, 5) is 34.5. The number of non-ortho nitro benzene ring substituents is 1. The minimum atomic E-state index is -0.816. The molecule has 1 amide bonds. The Morgan fingerprint density at radius 3 is 2.65 bits per heavy atom. The Kier molecular flexibility index (Phi) is 5.51. The number of carbonyl (C=O) groups excluding carboxylic acids is 1. The zero-order chi connectivity index (χ0) is 16.8. The van der Waals surface area contributed by atoms with Gasteiger partial charge in [0.2, 0.25) is 0 Å². The number of aliphatic carboxylic acids is 1. The van der Waals surface area contributed by atoms with Crippen molar-refractivity contribution in [1.82, 2.24) is 4.90 Å². The van der Waals surface area contributed by atoms with Crippen LogP contribution in [-0.4, -0.2) is 46.5 Å². The Morgan fingerprint density at radius 1 is 1.35 bits per heavy atom. The van der Waals surface area contributed by atoms with Gasteiger partial charge < -0.3 is 14.7 Å². The van der Waals surface area contributed by atoms with E-state index in [0.717, 1.165) is 0 Å². The molecule has 124 valence electrons. The quantitative estimate of drug-likeness (QED) is 0.630. The second-order valence-corrected chi connectivity index (χ2v) is 5.47. The summed E-state index contributed by atoms with van der Waals surface area (Å²) in [5.74, 6) is -0.642. The number of piperidine rings is 1. The maximum atomic E-state index is 12.1. The highest BCUT2D eigenvalue weighted by Crippen LogP contribution is 2.21. The monoisotopic (exact) mass is 322 g/mol. The number of ether oxygens (including phenoxy) is 1. The molecule has 1 aliphatic heterocycles. The summed E-state index contributed by atoms with van der Waals surface area (Å²) >= 11 is 0. The molecule has 0 bridgehead atoms. The highest BCUT2D eigenvalue weighted by atomic mass is 16.6. The zero-order valence-electron chi connectivity index (χ0n) is 12.5. The average Bonchev–Trinajstić information content (AvgIpc) is 2.53. The predicted octanol–water partition coefficient (Wildman–Crippen LogP) is 1.69. The summed E-state index contributed by atoms with van der Waals surface area (Å²) in [7, 11) is 0. The summed E-state index contributed by atoms with van der Waals surface area (Å²) < 4.78 is 5.31. The summed E-state index contributed by atoms with van der Waals surface area (Å²) in [5, 5.41) is 19.4. The summed E-state index contributed by atoms with van der Waals surface area (Å²) in [6, 6.07) is 5.67. The van der Waals surface area contributed by atoms with Gasteiger partial charge in [-0.25, -0.2) is 0 Å². The van der Waals surface area contributed by atoms with Gasteiger partial charge in [-0.3, -0.25) is 19.7 Å². The fourth-order valence-corrected chi connectivity index (χ4v) is 2.56. The molecule has 8 heteroatoms. The second-order valence-electron chi connectivity index (χ2n) is 5.47. The van der Waals surface area contributed by atoms with Crippen LogP contribution in [0.15, 0.2) is 24.3 Å². The molecule has 1 saturated heterocycles. The van der Waals surface area contributed by atoms with E-state index in [1.165, 1.54) is 18.2 Å². The van der Waals surface area contributed by atoms with Gasteiger partial charge in [-0.2, -0.15) is 0 Å². The number of nitro groups is 1. The molecule has 1 heterocycles. The topological polar surface area (TPSA) is 110 Å². The van der Waals surface area contributed by atoms with Gasteiger partial charge in [0.1, 0.15) is 5.75 Å². The van der Waals surface area contributed by atoms with E-state index in [1.807, 2.05) is 0 Å². The lowest BCUT2D eigenvalue weighted by molar-refractivity contribution is -0.384. The molecular weight excluding hydrogens is 304 g/mol. The third-order valence-electron chi connectivity index (χ3n) is 3.82. The smallest absolute Gasteiger partial charge is 0.303 e. The van der Waals surface area contributed by atoms with E-state index < -0.39 is 10.9 Å². The van der Waals surface area contributed by atoms with Crippen molar-refractivity contribution in [1.29, 1.82) is 0 Å². The van der Waals surface area contributed by atoms with Gasteiger partial charge in [0.25, 0.3) is 11.6 Å². The van der Waals surface area contributed by atoms with Crippen LogP contribution in [0.2, 0.25) is 0 Å². The molecule has 0 aromatic heterocycles. The third-order valence-corrected chi connectivity index (χ3v) is 3.82. The van der Waals surface area contributed by atoms with Crippen LogP contribution in [0, 0.1) is 16.0 Å². The SMILES string of the molecule is O=C(O)CC1CCN(C(=O)COc2cccc([N+](=O)[O-])c2)CC1. The molecule has 0 spiro atoms. The minimum absolute atomic E-state index is 0.0931. The molecule has 1 fully saturated rings. The molecule has 23 heavy (non-hydrogen) atoms. The first-order valence-corrected chi connectivity index (χ1v) is 7.32. The van der Waals surface area contributed by atoms with E-state index in [-0.39, 0.29) is 36.3 Å². The molecule has 1 aliphatic rings. The Balaban J connectivity index is 1.80. The third kappa shape index (κ3) is 4.94. The Labute approximate surface area is 132 Å². The first-order chi connectivity index (χ1) is 11.0. The van der Waals surface area contributed by atoms with Crippen molar-refractivity contribution >= 4 is 17.6 Å². The van der Waals surface area contributed by atoms with Crippen molar-refractivity contribution in [3.8, 4) is 5.75 Å². The van der Waals surface area contributed by atoms with Crippen molar-refractivity contribution in [2.24, 2.45) is 5.92 Å². The highest BCUT2D eigenvalue weighted by molar-refractivity contribution is 5.78. The van der Waals surface area contributed by atoms with Crippen LogP contribution in [0.3, 0.4) is 0 Å². The number of carboxylic acids is 1. The number of hydrogen-bond acceptors (Lipinski definition) is 5. The van der Waals surface area contributed by atoms with Gasteiger partial charge in [-0.15, -0.1) is 0 Å². The first kappa shape index (κ1) is 16.7. The first-order valence-electron chi connectivity index (χ1n) is 7.32. The van der Waals surface area contributed by atoms with Crippen LogP contribution in [0.4, 0.5) is 5.69 Å². The molecule has 0 saturated carbocycles. The lowest BCUT2D eigenvalue weighted by atomic mass is 9.94. The molecule has 0 aliphatic carbocycles. The van der Waals surface area contributed by atoms with Gasteiger partial charge in [0.15, 0.2) is 6.61 Å². The van der Waals surface area contributed by atoms with Crippen molar-refractivity contribution in [3.63, 3.8) is 0 Å². The van der Waals surface area contributed by atoms with Gasteiger partial charge in [-0.05, 0) is 24.8 Å². The summed E-state index contributed by atoms with van der Waals surface area (Å²) in [6.07, 6.45) is 1.45. The number of rotatable bonds is 6. The second kappa shape index (κ2) is 7.57. The molecule has 0 radical (unpaired) electrons. The molecule has 2 rings (SSSR count). The Morgan fingerprint density at radius 2 is 2.04 bits per heavy atom. The standard InChI is InChI=1S/C15H18N2O6/c18-14(16-6-4-11(5-7-16)8-15(19)20)10-23-13-3-1-2-12(9-13)17(21)22/h1-3,9,11H,4-8,10H2,(H,19,20). The fourth-order valence-electron chi connectivity index (χ4n) is 2.56. The van der Waals surface area contributed by atoms with Gasteiger partial charge >= 0.3 is 5.97 Å². The molecular formula is C15H18N2O6. The predicted molar refractivity (Wildman–Crippen MR) is 80.1 cm³/mol. The number of carbonyl (C=O) groups is 2. The van der Waals surface area contributed by atoms with Crippen LogP contribution >= 0.6 is 0 Å². The number of carboxylic acid groups (broad SMARTS) is 1. The molecule has 1 N–H and O–H groups in total. The van der Waals surface area contributed by atoms with Crippen LogP contribution in [0.25, 0.3) is 0 Å². The van der Waals surface area contributed by atoms with Crippen molar-refractivity contribution in [3.05, 3.63) is 34.4 Å². The maximum absolute atomic E-state index is 12.1. The molecule has 0 atom stereocenters. The van der Waals surface area contributed by atoms with Crippen molar-refractivity contribution in [2.45, 2.75) is 19.3 Å². The largest absolute Gasteiger partial charge is 0.484 e. The van der Waals surface area contributed by atoms with Crippen molar-refractivity contribution < 1.29 is 24.4 Å². The summed E-state index contributed by atoms with van der Waals surface area (Å²) in [5.41, 5.74) is -0.0931. The Hall–Kier alpha value is -2.64. The van der Waals surface area contributed by atoms with E-state index in [2.05, 4.69) is 0 Å². The van der Waals surface area contributed by atoms with E-state index in [0.29, 0.717) is 25.9 Å². The molecule has 1 aromatic rings. The van der Waals surface area contributed by atoms with Crippen LogP contribution in [-0.2, 0) is 9.59 Å². The zero-order valence-corrected chi connectivity index (χ0v) is 12.5. The van der Waals surface area contributed by atoms with E-state index in [9.17, 15) is 19.7 Å². The van der Waals surface area contributed by atoms with Gasteiger partial charge in [0, 0.05) is 25.6 Å². The van der Waals surface area contributed by atoms with E-state index in [1.54, 1.807) is 11.0 Å². The number of amides is 1. The number of nitro benzene ring substituents is 1. The summed E-state index contributed by atoms with van der Waals surface area (Å²) in [6.45, 7) is 0.828.